The highest BCUT2D eigenvalue weighted by molar-refractivity contribution is 6.00. The normalized spacial score (nSPS) is 15.2. The maximum Gasteiger partial charge on any atom is 0.135 e. The molecule has 1 aliphatic carbocycles. The molecule has 1 aromatic heterocycles. The van der Waals surface area contributed by atoms with E-state index < -0.39 is 0 Å². The van der Waals surface area contributed by atoms with Crippen LogP contribution in [-0.2, 0) is 13.0 Å². The number of hydrogen-bond donors (Lipinski definition) is 1. The number of nitrogens with two attached hydrogens (primary N) is 1. The monoisotopic (exact) mass is 451 g/mol. The second-order valence-electron chi connectivity index (χ2n) is 9.49. The highest BCUT2D eigenvalue weighted by Gasteiger charge is 2.22. The van der Waals surface area contributed by atoms with Crippen LogP contribution < -0.4 is 5.73 Å². The molecule has 168 valence electrons. The third-order valence-corrected chi connectivity index (χ3v) is 7.41. The van der Waals surface area contributed by atoms with Crippen LogP contribution in [0.4, 0.5) is 0 Å². The predicted octanol–water partition coefficient (Wildman–Crippen LogP) is 8.22. The van der Waals surface area contributed by atoms with Gasteiger partial charge in [-0.05, 0) is 68.1 Å². The number of fused-ring (bicyclic) bond motifs is 5. The van der Waals surface area contributed by atoms with Gasteiger partial charge in [0.25, 0.3) is 0 Å². The topological polar surface area (TPSA) is 39.2 Å². The molecule has 0 radical (unpaired) electrons. The van der Waals surface area contributed by atoms with E-state index in [2.05, 4.69) is 109 Å². The average Bonchev–Trinajstić information content (AvgIpc) is 3.27. The highest BCUT2D eigenvalue weighted by Crippen LogP contribution is 2.38. The Morgan fingerprint density at radius 2 is 1.40 bits per heavy atom. The van der Waals surface area contributed by atoms with Crippen molar-refractivity contribution >= 4 is 38.6 Å². The summed E-state index contributed by atoms with van der Waals surface area (Å²) in [5.74, 6) is 1.38. The molecule has 0 spiro atoms. The van der Waals surface area contributed by atoms with Crippen LogP contribution in [0.25, 0.3) is 49.7 Å². The van der Waals surface area contributed by atoms with E-state index in [4.69, 9.17) is 10.2 Å². The summed E-state index contributed by atoms with van der Waals surface area (Å²) in [4.78, 5) is 0. The second kappa shape index (κ2) is 7.97. The molecule has 7 rings (SSSR count). The molecular weight excluding hydrogens is 426 g/mol. The van der Waals surface area contributed by atoms with Crippen LogP contribution in [0.15, 0.2) is 108 Å². The molecule has 2 heteroatoms. The Labute approximate surface area is 204 Å². The molecule has 1 aliphatic rings. The molecule has 0 aliphatic heterocycles. The molecule has 1 unspecified atom stereocenters. The number of benzene rings is 5. The minimum absolute atomic E-state index is 0.303. The maximum atomic E-state index is 6.35. The van der Waals surface area contributed by atoms with Crippen molar-refractivity contribution in [1.29, 1.82) is 0 Å². The lowest BCUT2D eigenvalue weighted by Crippen LogP contribution is -2.04. The Balaban J connectivity index is 1.22. The second-order valence-corrected chi connectivity index (χ2v) is 9.49. The first kappa shape index (κ1) is 20.3. The van der Waals surface area contributed by atoms with Gasteiger partial charge < -0.3 is 10.2 Å². The van der Waals surface area contributed by atoms with Crippen LogP contribution >= 0.6 is 0 Å². The largest absolute Gasteiger partial charge is 0.460 e. The summed E-state index contributed by atoms with van der Waals surface area (Å²) < 4.78 is 6.35. The van der Waals surface area contributed by atoms with Crippen molar-refractivity contribution in [2.45, 2.75) is 18.9 Å². The van der Waals surface area contributed by atoms with Gasteiger partial charge >= 0.3 is 0 Å². The standard InChI is InChI=1S/C33H25NO/c34-20-28-15-23-5-1-2-6-24(23)16-30(28)22-11-9-21(10-12-22)27-13-14-29-31-17-25-7-3-4-8-26(25)18-33(31)35-32(29)19-27/h1-18,27H,19-20,34H2. The summed E-state index contributed by atoms with van der Waals surface area (Å²) in [5, 5.41) is 6.14. The molecule has 0 saturated carbocycles. The van der Waals surface area contributed by atoms with E-state index in [1.165, 1.54) is 54.7 Å². The fraction of sp³-hybridized carbons (Fsp3) is 0.0909. The Kier molecular flexibility index (Phi) is 4.61. The van der Waals surface area contributed by atoms with E-state index in [0.29, 0.717) is 12.5 Å². The fourth-order valence-corrected chi connectivity index (χ4v) is 5.53. The van der Waals surface area contributed by atoms with Crippen molar-refractivity contribution in [3.05, 3.63) is 126 Å². The molecule has 35 heavy (non-hydrogen) atoms. The molecule has 0 fully saturated rings. The third-order valence-electron chi connectivity index (χ3n) is 7.41. The Morgan fingerprint density at radius 3 is 2.11 bits per heavy atom. The number of allylic oxidation sites excluding steroid dienone is 1. The molecule has 1 atom stereocenters. The van der Waals surface area contributed by atoms with E-state index in [9.17, 15) is 0 Å². The van der Waals surface area contributed by atoms with Crippen LogP contribution in [0.3, 0.4) is 0 Å². The zero-order valence-electron chi connectivity index (χ0n) is 19.4. The summed E-state index contributed by atoms with van der Waals surface area (Å²) >= 11 is 0. The Hall–Kier alpha value is -4.14. The van der Waals surface area contributed by atoms with Crippen molar-refractivity contribution in [3.63, 3.8) is 0 Å². The van der Waals surface area contributed by atoms with Crippen LogP contribution in [0.2, 0.25) is 0 Å². The molecule has 5 aromatic carbocycles. The van der Waals surface area contributed by atoms with Gasteiger partial charge in [-0.3, -0.25) is 0 Å². The van der Waals surface area contributed by atoms with Crippen molar-refractivity contribution in [1.82, 2.24) is 0 Å². The van der Waals surface area contributed by atoms with Crippen LogP contribution in [0.5, 0.6) is 0 Å². The van der Waals surface area contributed by atoms with Gasteiger partial charge in [0.05, 0.1) is 0 Å². The van der Waals surface area contributed by atoms with Crippen molar-refractivity contribution in [3.8, 4) is 11.1 Å². The number of hydrogen-bond acceptors (Lipinski definition) is 2. The molecular formula is C33H25NO. The van der Waals surface area contributed by atoms with Gasteiger partial charge in [0, 0.05) is 29.8 Å². The van der Waals surface area contributed by atoms with Crippen molar-refractivity contribution in [2.75, 3.05) is 0 Å². The summed E-state index contributed by atoms with van der Waals surface area (Å²) in [5.41, 5.74) is 13.2. The summed E-state index contributed by atoms with van der Waals surface area (Å²) in [6.45, 7) is 0.525. The van der Waals surface area contributed by atoms with E-state index in [1.807, 2.05) is 0 Å². The molecule has 1 heterocycles. The summed E-state index contributed by atoms with van der Waals surface area (Å²) in [6, 6.07) is 34.8. The zero-order chi connectivity index (χ0) is 23.4. The van der Waals surface area contributed by atoms with Crippen molar-refractivity contribution in [2.24, 2.45) is 5.73 Å². The fourth-order valence-electron chi connectivity index (χ4n) is 5.53. The Bertz CT molecular complexity index is 1750. The molecule has 0 bridgehead atoms. The highest BCUT2D eigenvalue weighted by atomic mass is 16.3. The molecule has 2 nitrogen and oxygen atoms in total. The smallest absolute Gasteiger partial charge is 0.135 e. The first-order valence-corrected chi connectivity index (χ1v) is 12.2. The van der Waals surface area contributed by atoms with Gasteiger partial charge in [-0.15, -0.1) is 0 Å². The average molecular weight is 452 g/mol. The van der Waals surface area contributed by atoms with Crippen LogP contribution in [0.1, 0.15) is 28.4 Å². The van der Waals surface area contributed by atoms with Gasteiger partial charge in [-0.25, -0.2) is 0 Å². The molecule has 2 N–H and O–H groups in total. The maximum absolute atomic E-state index is 6.35. The number of rotatable bonds is 3. The Morgan fingerprint density at radius 1 is 0.743 bits per heavy atom. The van der Waals surface area contributed by atoms with Gasteiger partial charge in [0.15, 0.2) is 0 Å². The lowest BCUT2D eigenvalue weighted by atomic mass is 9.87. The lowest BCUT2D eigenvalue weighted by molar-refractivity contribution is 0.533. The van der Waals surface area contributed by atoms with Crippen molar-refractivity contribution < 1.29 is 4.42 Å². The minimum Gasteiger partial charge on any atom is -0.460 e. The predicted molar refractivity (Wildman–Crippen MR) is 146 cm³/mol. The molecule has 6 aromatic rings. The van der Waals surface area contributed by atoms with Gasteiger partial charge in [-0.2, -0.15) is 0 Å². The number of furan rings is 1. The first-order chi connectivity index (χ1) is 17.3. The van der Waals surface area contributed by atoms with Crippen LogP contribution in [-0.4, -0.2) is 0 Å². The van der Waals surface area contributed by atoms with Gasteiger partial charge in [0.1, 0.15) is 11.3 Å². The van der Waals surface area contributed by atoms with Gasteiger partial charge in [0.2, 0.25) is 0 Å². The quantitative estimate of drug-likeness (QED) is 0.294. The van der Waals surface area contributed by atoms with E-state index >= 15 is 0 Å². The third kappa shape index (κ3) is 3.38. The van der Waals surface area contributed by atoms with Crippen LogP contribution in [0, 0.1) is 0 Å². The van der Waals surface area contributed by atoms with E-state index in [0.717, 1.165) is 17.8 Å². The molecule has 0 saturated heterocycles. The summed E-state index contributed by atoms with van der Waals surface area (Å²) in [7, 11) is 0. The molecule has 0 amide bonds. The lowest BCUT2D eigenvalue weighted by Gasteiger charge is -2.17. The first-order valence-electron chi connectivity index (χ1n) is 12.2. The van der Waals surface area contributed by atoms with Gasteiger partial charge in [-0.1, -0.05) is 84.9 Å². The summed E-state index contributed by atoms with van der Waals surface area (Å²) in [6.07, 6.45) is 5.44. The SMILES string of the molecule is NCc1cc2ccccc2cc1-c1ccc(C2C=Cc3c(oc4cc5ccccc5cc34)C2)cc1. The zero-order valence-corrected chi connectivity index (χ0v) is 19.4. The minimum atomic E-state index is 0.303. The van der Waals surface area contributed by atoms with E-state index in [-0.39, 0.29) is 0 Å². The van der Waals surface area contributed by atoms with E-state index in [1.54, 1.807) is 0 Å².